The SMILES string of the molecule is Cc1ccc(C2=C(O[Si](C)(C)C)CCCCC2)cc1. The van der Waals surface area contributed by atoms with E-state index >= 15 is 0 Å². The molecular formula is C17H26OSi. The largest absolute Gasteiger partial charge is 0.547 e. The Morgan fingerprint density at radius 1 is 0.895 bits per heavy atom. The van der Waals surface area contributed by atoms with E-state index in [0.29, 0.717) is 0 Å². The number of benzene rings is 1. The summed E-state index contributed by atoms with van der Waals surface area (Å²) in [6.45, 7) is 8.97. The quantitative estimate of drug-likeness (QED) is 0.659. The molecule has 0 fully saturated rings. The Kier molecular flexibility index (Phi) is 4.51. The van der Waals surface area contributed by atoms with Gasteiger partial charge in [0.15, 0.2) is 0 Å². The van der Waals surface area contributed by atoms with Gasteiger partial charge in [-0.05, 0) is 57.0 Å². The van der Waals surface area contributed by atoms with E-state index in [1.54, 1.807) is 0 Å². The van der Waals surface area contributed by atoms with Crippen molar-refractivity contribution in [3.63, 3.8) is 0 Å². The number of rotatable bonds is 3. The lowest BCUT2D eigenvalue weighted by Crippen LogP contribution is -2.25. The first-order chi connectivity index (χ1) is 8.96. The van der Waals surface area contributed by atoms with E-state index in [1.807, 2.05) is 0 Å². The predicted octanol–water partition coefficient (Wildman–Crippen LogP) is 5.52. The molecule has 0 saturated heterocycles. The van der Waals surface area contributed by atoms with Gasteiger partial charge in [0, 0.05) is 6.42 Å². The van der Waals surface area contributed by atoms with Crippen molar-refractivity contribution >= 4 is 13.9 Å². The number of allylic oxidation sites excluding steroid dienone is 2. The van der Waals surface area contributed by atoms with Crippen LogP contribution in [0.2, 0.25) is 19.6 Å². The van der Waals surface area contributed by atoms with Crippen LogP contribution in [0.3, 0.4) is 0 Å². The van der Waals surface area contributed by atoms with Crippen molar-refractivity contribution in [1.29, 1.82) is 0 Å². The Morgan fingerprint density at radius 3 is 2.16 bits per heavy atom. The minimum atomic E-state index is -1.51. The van der Waals surface area contributed by atoms with Gasteiger partial charge in [0.25, 0.3) is 0 Å². The van der Waals surface area contributed by atoms with Crippen molar-refractivity contribution in [3.05, 3.63) is 41.2 Å². The molecule has 1 aromatic rings. The third-order valence-corrected chi connectivity index (χ3v) is 4.36. The zero-order valence-corrected chi connectivity index (χ0v) is 13.8. The molecule has 19 heavy (non-hydrogen) atoms. The molecule has 0 radical (unpaired) electrons. The first kappa shape index (κ1) is 14.4. The molecule has 1 aliphatic carbocycles. The highest BCUT2D eigenvalue weighted by Crippen LogP contribution is 2.33. The first-order valence-electron chi connectivity index (χ1n) is 7.44. The molecular weight excluding hydrogens is 248 g/mol. The standard InChI is InChI=1S/C17H26OSi/c1-14-10-12-15(13-11-14)16-8-6-5-7-9-17(16)18-19(2,3)4/h10-13H,5-9H2,1-4H3. The van der Waals surface area contributed by atoms with Crippen molar-refractivity contribution in [2.45, 2.75) is 58.7 Å². The smallest absolute Gasteiger partial charge is 0.241 e. The second-order valence-corrected chi connectivity index (χ2v) is 11.0. The molecule has 2 rings (SSSR count). The Labute approximate surface area is 118 Å². The molecule has 0 aliphatic heterocycles. The van der Waals surface area contributed by atoms with E-state index in [1.165, 1.54) is 48.1 Å². The van der Waals surface area contributed by atoms with E-state index in [9.17, 15) is 0 Å². The van der Waals surface area contributed by atoms with Crippen LogP contribution in [-0.4, -0.2) is 8.32 Å². The van der Waals surface area contributed by atoms with Crippen molar-refractivity contribution < 1.29 is 4.43 Å². The average molecular weight is 274 g/mol. The highest BCUT2D eigenvalue weighted by molar-refractivity contribution is 6.70. The summed E-state index contributed by atoms with van der Waals surface area (Å²) in [6.07, 6.45) is 6.18. The van der Waals surface area contributed by atoms with E-state index in [2.05, 4.69) is 50.8 Å². The van der Waals surface area contributed by atoms with Crippen LogP contribution in [0.5, 0.6) is 0 Å². The molecule has 0 spiro atoms. The van der Waals surface area contributed by atoms with E-state index in [-0.39, 0.29) is 0 Å². The van der Waals surface area contributed by atoms with Crippen LogP contribution in [0.1, 0.15) is 43.2 Å². The number of aryl methyl sites for hydroxylation is 1. The van der Waals surface area contributed by atoms with Gasteiger partial charge >= 0.3 is 0 Å². The molecule has 0 bridgehead atoms. The maximum atomic E-state index is 6.37. The van der Waals surface area contributed by atoms with Crippen LogP contribution < -0.4 is 0 Å². The molecule has 1 aliphatic rings. The summed E-state index contributed by atoms with van der Waals surface area (Å²) in [7, 11) is -1.51. The lowest BCUT2D eigenvalue weighted by Gasteiger charge is -2.24. The van der Waals surface area contributed by atoms with E-state index < -0.39 is 8.32 Å². The van der Waals surface area contributed by atoms with Crippen molar-refractivity contribution in [2.75, 3.05) is 0 Å². The van der Waals surface area contributed by atoms with Crippen LogP contribution in [0.4, 0.5) is 0 Å². The maximum Gasteiger partial charge on any atom is 0.241 e. The second-order valence-electron chi connectivity index (χ2n) is 6.54. The van der Waals surface area contributed by atoms with Crippen LogP contribution >= 0.6 is 0 Å². The summed E-state index contributed by atoms with van der Waals surface area (Å²) in [5.74, 6) is 1.28. The van der Waals surface area contributed by atoms with Gasteiger partial charge in [-0.15, -0.1) is 0 Å². The maximum absolute atomic E-state index is 6.37. The van der Waals surface area contributed by atoms with Gasteiger partial charge in [0.05, 0.1) is 5.76 Å². The van der Waals surface area contributed by atoms with Gasteiger partial charge < -0.3 is 4.43 Å². The van der Waals surface area contributed by atoms with Crippen molar-refractivity contribution in [1.82, 2.24) is 0 Å². The highest BCUT2D eigenvalue weighted by atomic mass is 28.4. The topological polar surface area (TPSA) is 9.23 Å². The Morgan fingerprint density at radius 2 is 1.53 bits per heavy atom. The molecule has 1 aromatic carbocycles. The highest BCUT2D eigenvalue weighted by Gasteiger charge is 2.22. The second kappa shape index (κ2) is 5.95. The third-order valence-electron chi connectivity index (χ3n) is 3.50. The molecule has 1 nitrogen and oxygen atoms in total. The van der Waals surface area contributed by atoms with Gasteiger partial charge in [-0.25, -0.2) is 0 Å². The molecule has 0 heterocycles. The van der Waals surface area contributed by atoms with E-state index in [0.717, 1.165) is 6.42 Å². The minimum absolute atomic E-state index is 1.12. The molecule has 0 saturated carbocycles. The molecule has 0 aromatic heterocycles. The van der Waals surface area contributed by atoms with E-state index in [4.69, 9.17) is 4.43 Å². The van der Waals surface area contributed by atoms with Gasteiger partial charge in [0.2, 0.25) is 8.32 Å². The Bertz CT molecular complexity index is 451. The number of hydrogen-bond donors (Lipinski definition) is 0. The molecule has 0 atom stereocenters. The van der Waals surface area contributed by atoms with Crippen LogP contribution in [-0.2, 0) is 4.43 Å². The average Bonchev–Trinajstić information content (AvgIpc) is 2.54. The summed E-state index contributed by atoms with van der Waals surface area (Å²) in [4.78, 5) is 0. The Balaban J connectivity index is 2.35. The van der Waals surface area contributed by atoms with Gasteiger partial charge in [-0.3, -0.25) is 0 Å². The third kappa shape index (κ3) is 4.24. The first-order valence-corrected chi connectivity index (χ1v) is 10.8. The summed E-state index contributed by atoms with van der Waals surface area (Å²) >= 11 is 0. The van der Waals surface area contributed by atoms with Gasteiger partial charge in [-0.2, -0.15) is 0 Å². The molecule has 0 unspecified atom stereocenters. The van der Waals surface area contributed by atoms with Crippen LogP contribution in [0, 0.1) is 6.92 Å². The molecule has 2 heteroatoms. The van der Waals surface area contributed by atoms with Crippen LogP contribution in [0.25, 0.3) is 5.57 Å². The lowest BCUT2D eigenvalue weighted by atomic mass is 9.99. The fraction of sp³-hybridized carbons (Fsp3) is 0.529. The lowest BCUT2D eigenvalue weighted by molar-refractivity contribution is 0.399. The summed E-state index contributed by atoms with van der Waals surface area (Å²) in [5, 5.41) is 0. The van der Waals surface area contributed by atoms with Crippen LogP contribution in [0.15, 0.2) is 30.0 Å². The molecule has 0 amide bonds. The minimum Gasteiger partial charge on any atom is -0.547 e. The summed E-state index contributed by atoms with van der Waals surface area (Å²) in [5.41, 5.74) is 4.14. The predicted molar refractivity (Wildman–Crippen MR) is 85.6 cm³/mol. The molecule has 104 valence electrons. The molecule has 0 N–H and O–H groups in total. The van der Waals surface area contributed by atoms with Crippen molar-refractivity contribution in [3.8, 4) is 0 Å². The fourth-order valence-electron chi connectivity index (χ4n) is 2.60. The summed E-state index contributed by atoms with van der Waals surface area (Å²) < 4.78 is 6.37. The Hall–Kier alpha value is -1.02. The fourth-order valence-corrected chi connectivity index (χ4v) is 3.56. The van der Waals surface area contributed by atoms with Gasteiger partial charge in [0.1, 0.15) is 0 Å². The van der Waals surface area contributed by atoms with Gasteiger partial charge in [-0.1, -0.05) is 36.2 Å². The number of hydrogen-bond acceptors (Lipinski definition) is 1. The normalized spacial score (nSPS) is 17.3. The zero-order valence-electron chi connectivity index (χ0n) is 12.8. The monoisotopic (exact) mass is 274 g/mol. The van der Waals surface area contributed by atoms with Crippen molar-refractivity contribution in [2.24, 2.45) is 0 Å². The summed E-state index contributed by atoms with van der Waals surface area (Å²) in [6, 6.07) is 8.92. The zero-order chi connectivity index (χ0) is 13.9.